The lowest BCUT2D eigenvalue weighted by atomic mass is 9.49. The van der Waals surface area contributed by atoms with Crippen LogP contribution in [0.4, 0.5) is 0 Å². The number of aliphatic carboxylic acids is 1. The number of carboxylic acids is 1. The van der Waals surface area contributed by atoms with Gasteiger partial charge in [0.1, 0.15) is 0 Å². The van der Waals surface area contributed by atoms with Crippen LogP contribution in [0.3, 0.4) is 0 Å². The summed E-state index contributed by atoms with van der Waals surface area (Å²) in [4.78, 5) is 11.5. The molecule has 1 aromatic carbocycles. The van der Waals surface area contributed by atoms with Gasteiger partial charge in [-0.1, -0.05) is 31.2 Å². The smallest absolute Gasteiger partial charge is 0.308 e. The summed E-state index contributed by atoms with van der Waals surface area (Å²) in [5, 5.41) is 13.1. The number of hydrogen-bond acceptors (Lipinski definition) is 2. The van der Waals surface area contributed by atoms with Gasteiger partial charge in [0.15, 0.2) is 0 Å². The fourth-order valence-corrected chi connectivity index (χ4v) is 5.27. The van der Waals surface area contributed by atoms with Crippen molar-refractivity contribution in [3.05, 3.63) is 35.4 Å². The van der Waals surface area contributed by atoms with E-state index in [0.29, 0.717) is 12.0 Å². The van der Waals surface area contributed by atoms with Crippen molar-refractivity contribution in [3.8, 4) is 0 Å². The maximum Gasteiger partial charge on any atom is 0.308 e. The van der Waals surface area contributed by atoms with E-state index in [4.69, 9.17) is 0 Å². The van der Waals surface area contributed by atoms with Crippen LogP contribution >= 0.6 is 0 Å². The number of benzene rings is 1. The standard InChI is InChI=1S/C17H21NO2/c1-2-17-9-15-11(16(19)20)8-13(17)14(18-15)7-10-5-3-4-6-12(10)17/h3-6,11,13-15,18H,2,7-9H2,1H3,(H,19,20)/t11?,13?,14?,15?,17-/m1/s1. The van der Waals surface area contributed by atoms with Crippen molar-refractivity contribution in [3.63, 3.8) is 0 Å². The van der Waals surface area contributed by atoms with Crippen LogP contribution in [0.5, 0.6) is 0 Å². The second-order valence-electron chi connectivity index (χ2n) is 6.74. The van der Waals surface area contributed by atoms with E-state index in [0.717, 1.165) is 25.7 Å². The van der Waals surface area contributed by atoms with Crippen molar-refractivity contribution in [1.29, 1.82) is 0 Å². The summed E-state index contributed by atoms with van der Waals surface area (Å²) in [7, 11) is 0. The summed E-state index contributed by atoms with van der Waals surface area (Å²) in [6, 6.07) is 9.42. The molecule has 4 aliphatic rings. The van der Waals surface area contributed by atoms with E-state index in [1.807, 2.05) is 0 Å². The van der Waals surface area contributed by atoms with Crippen molar-refractivity contribution in [2.24, 2.45) is 11.8 Å². The van der Waals surface area contributed by atoms with Gasteiger partial charge in [-0.25, -0.2) is 0 Å². The molecule has 5 rings (SSSR count). The predicted molar refractivity (Wildman–Crippen MR) is 76.7 cm³/mol. The van der Waals surface area contributed by atoms with Crippen molar-refractivity contribution >= 4 is 5.97 Å². The summed E-state index contributed by atoms with van der Waals surface area (Å²) < 4.78 is 0. The van der Waals surface area contributed by atoms with E-state index in [-0.39, 0.29) is 17.4 Å². The molecule has 106 valence electrons. The zero-order chi connectivity index (χ0) is 13.9. The van der Waals surface area contributed by atoms with Gasteiger partial charge in [-0.2, -0.15) is 0 Å². The van der Waals surface area contributed by atoms with Crippen LogP contribution in [0.1, 0.15) is 37.3 Å². The number of fused-ring (bicyclic) bond motifs is 2. The van der Waals surface area contributed by atoms with Crippen LogP contribution < -0.4 is 5.32 Å². The van der Waals surface area contributed by atoms with Crippen LogP contribution in [-0.2, 0) is 16.6 Å². The maximum atomic E-state index is 11.5. The third-order valence-electron chi connectivity index (χ3n) is 6.14. The van der Waals surface area contributed by atoms with Crippen molar-refractivity contribution in [2.45, 2.75) is 50.1 Å². The molecular weight excluding hydrogens is 250 g/mol. The Hall–Kier alpha value is -1.35. The Labute approximate surface area is 119 Å². The normalized spacial score (nSPS) is 41.2. The van der Waals surface area contributed by atoms with Crippen LogP contribution in [0, 0.1) is 11.8 Å². The minimum Gasteiger partial charge on any atom is -0.481 e. The zero-order valence-corrected chi connectivity index (χ0v) is 11.8. The van der Waals surface area contributed by atoms with Gasteiger partial charge in [-0.15, -0.1) is 0 Å². The third kappa shape index (κ3) is 1.42. The van der Waals surface area contributed by atoms with Crippen molar-refractivity contribution in [1.82, 2.24) is 5.32 Å². The molecule has 0 aromatic heterocycles. The molecule has 4 unspecified atom stereocenters. The van der Waals surface area contributed by atoms with Gasteiger partial charge >= 0.3 is 5.97 Å². The molecule has 2 N–H and O–H groups in total. The Morgan fingerprint density at radius 2 is 2.20 bits per heavy atom. The molecule has 4 bridgehead atoms. The van der Waals surface area contributed by atoms with Gasteiger partial charge in [-0.3, -0.25) is 4.79 Å². The Morgan fingerprint density at radius 1 is 1.40 bits per heavy atom. The summed E-state index contributed by atoms with van der Waals surface area (Å²) in [5.74, 6) is -0.334. The molecule has 0 spiro atoms. The molecule has 3 fully saturated rings. The average molecular weight is 271 g/mol. The number of carboxylic acid groups (broad SMARTS) is 1. The summed E-state index contributed by atoms with van der Waals surface area (Å²) in [6.07, 6.45) is 4.01. The second kappa shape index (κ2) is 4.08. The SMILES string of the molecule is CC[C@@]12CC3NC(Cc4ccccc41)C2CC3C(=O)O. The lowest BCUT2D eigenvalue weighted by Crippen LogP contribution is -2.69. The van der Waals surface area contributed by atoms with Crippen molar-refractivity contribution in [2.75, 3.05) is 0 Å². The topological polar surface area (TPSA) is 49.3 Å². The Kier molecular flexibility index (Phi) is 2.53. The van der Waals surface area contributed by atoms with Gasteiger partial charge in [0, 0.05) is 17.5 Å². The fraction of sp³-hybridized carbons (Fsp3) is 0.588. The second-order valence-corrected chi connectivity index (χ2v) is 6.74. The zero-order valence-electron chi connectivity index (χ0n) is 11.8. The maximum absolute atomic E-state index is 11.5. The van der Waals surface area contributed by atoms with Gasteiger partial charge in [-0.05, 0) is 42.7 Å². The molecular formula is C17H21NO2. The summed E-state index contributed by atoms with van der Waals surface area (Å²) in [5.41, 5.74) is 3.18. The molecule has 2 heterocycles. The van der Waals surface area contributed by atoms with E-state index in [2.05, 4.69) is 36.5 Å². The van der Waals surface area contributed by atoms with Crippen LogP contribution in [0.25, 0.3) is 0 Å². The van der Waals surface area contributed by atoms with Crippen LogP contribution in [0.2, 0.25) is 0 Å². The Morgan fingerprint density at radius 3 is 2.90 bits per heavy atom. The van der Waals surface area contributed by atoms with E-state index in [9.17, 15) is 9.90 Å². The predicted octanol–water partition coefficient (Wildman–Crippen LogP) is 2.34. The number of rotatable bonds is 2. The fourth-order valence-electron chi connectivity index (χ4n) is 5.27. The Balaban J connectivity index is 1.83. The quantitative estimate of drug-likeness (QED) is 0.868. The van der Waals surface area contributed by atoms with E-state index >= 15 is 0 Å². The number of nitrogens with one attached hydrogen (secondary N) is 1. The molecule has 3 heteroatoms. The lowest BCUT2D eigenvalue weighted by molar-refractivity contribution is -0.149. The first-order chi connectivity index (χ1) is 9.65. The molecule has 20 heavy (non-hydrogen) atoms. The molecule has 1 saturated carbocycles. The lowest BCUT2D eigenvalue weighted by Gasteiger charge is -2.61. The minimum atomic E-state index is -0.621. The van der Waals surface area contributed by atoms with Crippen LogP contribution in [0.15, 0.2) is 24.3 Å². The molecule has 2 aliphatic heterocycles. The number of carbonyl (C=O) groups is 1. The van der Waals surface area contributed by atoms with E-state index in [1.165, 1.54) is 11.1 Å². The first-order valence-electron chi connectivity index (χ1n) is 7.73. The summed E-state index contributed by atoms with van der Waals surface area (Å²) >= 11 is 0. The Bertz CT molecular complexity index is 570. The third-order valence-corrected chi connectivity index (χ3v) is 6.14. The minimum absolute atomic E-state index is 0.149. The molecule has 0 amide bonds. The highest BCUT2D eigenvalue weighted by atomic mass is 16.4. The first kappa shape index (κ1) is 12.4. The average Bonchev–Trinajstić information content (AvgIpc) is 2.46. The molecule has 2 saturated heterocycles. The molecule has 0 radical (unpaired) electrons. The monoisotopic (exact) mass is 271 g/mol. The molecule has 5 atom stereocenters. The number of piperidine rings is 2. The molecule has 3 nitrogen and oxygen atoms in total. The van der Waals surface area contributed by atoms with E-state index in [1.54, 1.807) is 0 Å². The highest BCUT2D eigenvalue weighted by molar-refractivity contribution is 5.72. The largest absolute Gasteiger partial charge is 0.481 e. The highest BCUT2D eigenvalue weighted by Crippen LogP contribution is 2.56. The highest BCUT2D eigenvalue weighted by Gasteiger charge is 2.58. The van der Waals surface area contributed by atoms with Gasteiger partial charge < -0.3 is 10.4 Å². The van der Waals surface area contributed by atoms with Crippen LogP contribution in [-0.4, -0.2) is 23.2 Å². The first-order valence-corrected chi connectivity index (χ1v) is 7.73. The number of hydrogen-bond donors (Lipinski definition) is 2. The van der Waals surface area contributed by atoms with Gasteiger partial charge in [0.25, 0.3) is 0 Å². The summed E-state index contributed by atoms with van der Waals surface area (Å²) in [6.45, 7) is 2.27. The van der Waals surface area contributed by atoms with Gasteiger partial charge in [0.05, 0.1) is 5.92 Å². The van der Waals surface area contributed by atoms with Gasteiger partial charge in [0.2, 0.25) is 0 Å². The molecule has 2 aliphatic carbocycles. The van der Waals surface area contributed by atoms with E-state index < -0.39 is 5.97 Å². The van der Waals surface area contributed by atoms with Crippen molar-refractivity contribution < 1.29 is 9.90 Å². The molecule has 1 aromatic rings.